The molecule has 14 heavy (non-hydrogen) atoms. The van der Waals surface area contributed by atoms with E-state index in [1.807, 2.05) is 6.92 Å². The number of unbranched alkanes of at least 4 members (excludes halogenated alkanes) is 1. The molecule has 0 amide bonds. The quantitative estimate of drug-likeness (QED) is 0.581. The van der Waals surface area contributed by atoms with Crippen LogP contribution in [0.5, 0.6) is 0 Å². The third-order valence-electron chi connectivity index (χ3n) is 2.42. The van der Waals surface area contributed by atoms with Crippen molar-refractivity contribution in [1.29, 1.82) is 0 Å². The Kier molecular flexibility index (Phi) is 7.64. The zero-order chi connectivity index (χ0) is 11.0. The highest BCUT2D eigenvalue weighted by Gasteiger charge is 2.04. The molecule has 1 atom stereocenters. The molecule has 0 spiro atoms. The molecule has 0 saturated carbocycles. The fourth-order valence-corrected chi connectivity index (χ4v) is 1.84. The summed E-state index contributed by atoms with van der Waals surface area (Å²) in [7, 11) is 0. The van der Waals surface area contributed by atoms with Crippen LogP contribution in [-0.2, 0) is 0 Å². The summed E-state index contributed by atoms with van der Waals surface area (Å²) in [4.78, 5) is 0. The topological polar surface area (TPSA) is 12.0 Å². The Balaban J connectivity index is 3.23. The van der Waals surface area contributed by atoms with Crippen molar-refractivity contribution in [2.24, 2.45) is 11.8 Å². The van der Waals surface area contributed by atoms with Gasteiger partial charge in [-0.15, -0.1) is 0 Å². The van der Waals surface area contributed by atoms with Crippen LogP contribution in [0.1, 0.15) is 53.4 Å². The average molecular weight is 197 g/mol. The van der Waals surface area contributed by atoms with Crippen LogP contribution in [0.4, 0.5) is 0 Å². The molecule has 0 aromatic carbocycles. The molecule has 0 aliphatic carbocycles. The van der Waals surface area contributed by atoms with Gasteiger partial charge in [0.05, 0.1) is 0 Å². The van der Waals surface area contributed by atoms with Gasteiger partial charge in [-0.2, -0.15) is 0 Å². The molecule has 0 rings (SSSR count). The Morgan fingerprint density at radius 1 is 1.21 bits per heavy atom. The lowest BCUT2D eigenvalue weighted by molar-refractivity contribution is 0.400. The first-order valence-electron chi connectivity index (χ1n) is 5.91. The standard InChI is InChI=1S/C13H27N/c1-11(2)10-13(5)8-6-7-9-14-12(3)4/h11,13-14H,3,6-10H2,1-2,4-5H3. The van der Waals surface area contributed by atoms with Gasteiger partial charge in [0.25, 0.3) is 0 Å². The monoisotopic (exact) mass is 197 g/mol. The van der Waals surface area contributed by atoms with Crippen LogP contribution in [0.2, 0.25) is 0 Å². The van der Waals surface area contributed by atoms with E-state index in [2.05, 4.69) is 32.7 Å². The predicted molar refractivity (Wildman–Crippen MR) is 65.3 cm³/mol. The fraction of sp³-hybridized carbons (Fsp3) is 0.846. The van der Waals surface area contributed by atoms with Crippen molar-refractivity contribution in [3.05, 3.63) is 12.3 Å². The third kappa shape index (κ3) is 9.63. The molecule has 0 saturated heterocycles. The molecule has 0 aliphatic rings. The maximum absolute atomic E-state index is 3.82. The Morgan fingerprint density at radius 2 is 1.86 bits per heavy atom. The van der Waals surface area contributed by atoms with Crippen LogP contribution in [0.25, 0.3) is 0 Å². The Morgan fingerprint density at radius 3 is 2.36 bits per heavy atom. The van der Waals surface area contributed by atoms with Crippen LogP contribution in [0.3, 0.4) is 0 Å². The zero-order valence-electron chi connectivity index (χ0n) is 10.4. The van der Waals surface area contributed by atoms with Crippen molar-refractivity contribution in [3.8, 4) is 0 Å². The molecule has 0 fully saturated rings. The molecule has 1 unspecified atom stereocenters. The average Bonchev–Trinajstić information content (AvgIpc) is 2.01. The molecule has 1 heteroatoms. The number of hydrogen-bond donors (Lipinski definition) is 1. The summed E-state index contributed by atoms with van der Waals surface area (Å²) < 4.78 is 0. The van der Waals surface area contributed by atoms with Crippen LogP contribution in [-0.4, -0.2) is 6.54 Å². The van der Waals surface area contributed by atoms with E-state index in [1.165, 1.54) is 25.7 Å². The van der Waals surface area contributed by atoms with Crippen molar-refractivity contribution < 1.29 is 0 Å². The minimum atomic E-state index is 0.846. The van der Waals surface area contributed by atoms with E-state index >= 15 is 0 Å². The van der Waals surface area contributed by atoms with Gasteiger partial charge >= 0.3 is 0 Å². The number of rotatable bonds is 8. The Hall–Kier alpha value is -0.460. The van der Waals surface area contributed by atoms with E-state index in [4.69, 9.17) is 0 Å². The molecule has 1 N–H and O–H groups in total. The van der Waals surface area contributed by atoms with E-state index in [0.29, 0.717) is 0 Å². The van der Waals surface area contributed by atoms with E-state index < -0.39 is 0 Å². The lowest BCUT2D eigenvalue weighted by Gasteiger charge is -2.13. The lowest BCUT2D eigenvalue weighted by atomic mass is 9.94. The summed E-state index contributed by atoms with van der Waals surface area (Å²) in [6.07, 6.45) is 5.35. The second-order valence-corrected chi connectivity index (χ2v) is 4.94. The van der Waals surface area contributed by atoms with Gasteiger partial charge in [-0.05, 0) is 31.6 Å². The van der Waals surface area contributed by atoms with Gasteiger partial charge in [0.15, 0.2) is 0 Å². The van der Waals surface area contributed by atoms with Gasteiger partial charge in [-0.3, -0.25) is 0 Å². The highest BCUT2D eigenvalue weighted by molar-refractivity contribution is 4.83. The van der Waals surface area contributed by atoms with Crippen LogP contribution in [0, 0.1) is 11.8 Å². The van der Waals surface area contributed by atoms with E-state index in [1.54, 1.807) is 0 Å². The van der Waals surface area contributed by atoms with Gasteiger partial charge in [-0.25, -0.2) is 0 Å². The fourth-order valence-electron chi connectivity index (χ4n) is 1.84. The number of hydrogen-bond acceptors (Lipinski definition) is 1. The van der Waals surface area contributed by atoms with Gasteiger partial charge in [0.1, 0.15) is 0 Å². The Bertz CT molecular complexity index is 149. The molecule has 84 valence electrons. The molecule has 0 aliphatic heterocycles. The molecule has 0 heterocycles. The zero-order valence-corrected chi connectivity index (χ0v) is 10.4. The van der Waals surface area contributed by atoms with Crippen molar-refractivity contribution in [2.45, 2.75) is 53.4 Å². The van der Waals surface area contributed by atoms with Crippen molar-refractivity contribution >= 4 is 0 Å². The third-order valence-corrected chi connectivity index (χ3v) is 2.42. The van der Waals surface area contributed by atoms with Crippen LogP contribution >= 0.6 is 0 Å². The largest absolute Gasteiger partial charge is 0.389 e. The van der Waals surface area contributed by atoms with Crippen molar-refractivity contribution in [3.63, 3.8) is 0 Å². The molecular formula is C13H27N. The second-order valence-electron chi connectivity index (χ2n) is 4.94. The number of nitrogens with one attached hydrogen (secondary N) is 1. The minimum absolute atomic E-state index is 0.846. The smallest absolute Gasteiger partial charge is 0.0143 e. The molecule has 0 aromatic heterocycles. The first kappa shape index (κ1) is 13.5. The van der Waals surface area contributed by atoms with Crippen LogP contribution in [0.15, 0.2) is 12.3 Å². The van der Waals surface area contributed by atoms with E-state index in [9.17, 15) is 0 Å². The van der Waals surface area contributed by atoms with Gasteiger partial charge in [0, 0.05) is 12.2 Å². The normalized spacial score (nSPS) is 12.9. The first-order chi connectivity index (χ1) is 6.52. The maximum atomic E-state index is 3.82. The summed E-state index contributed by atoms with van der Waals surface area (Å²) in [6, 6.07) is 0. The minimum Gasteiger partial charge on any atom is -0.389 e. The summed E-state index contributed by atoms with van der Waals surface area (Å²) >= 11 is 0. The summed E-state index contributed by atoms with van der Waals surface area (Å²) in [5, 5.41) is 3.27. The van der Waals surface area contributed by atoms with Gasteiger partial charge < -0.3 is 5.32 Å². The molecular weight excluding hydrogens is 170 g/mol. The highest BCUT2D eigenvalue weighted by Crippen LogP contribution is 2.16. The van der Waals surface area contributed by atoms with Crippen molar-refractivity contribution in [1.82, 2.24) is 5.32 Å². The van der Waals surface area contributed by atoms with E-state index in [-0.39, 0.29) is 0 Å². The van der Waals surface area contributed by atoms with Gasteiger partial charge in [0.2, 0.25) is 0 Å². The van der Waals surface area contributed by atoms with Gasteiger partial charge in [-0.1, -0.05) is 40.2 Å². The maximum Gasteiger partial charge on any atom is 0.0143 e. The molecule has 0 radical (unpaired) electrons. The second kappa shape index (κ2) is 7.90. The summed E-state index contributed by atoms with van der Waals surface area (Å²) in [6.45, 7) is 13.9. The summed E-state index contributed by atoms with van der Waals surface area (Å²) in [5.41, 5.74) is 1.08. The highest BCUT2D eigenvalue weighted by atomic mass is 14.9. The SMILES string of the molecule is C=C(C)NCCCCC(C)CC(C)C. The number of allylic oxidation sites excluding steroid dienone is 1. The Labute approximate surface area is 90.0 Å². The predicted octanol–water partition coefficient (Wildman–Crippen LogP) is 3.96. The summed E-state index contributed by atoms with van der Waals surface area (Å²) in [5.74, 6) is 1.73. The van der Waals surface area contributed by atoms with E-state index in [0.717, 1.165) is 24.1 Å². The molecule has 0 bridgehead atoms. The van der Waals surface area contributed by atoms with Crippen molar-refractivity contribution in [2.75, 3.05) is 6.54 Å². The van der Waals surface area contributed by atoms with Crippen LogP contribution < -0.4 is 5.32 Å². The first-order valence-corrected chi connectivity index (χ1v) is 5.91. The molecule has 1 nitrogen and oxygen atoms in total. The lowest BCUT2D eigenvalue weighted by Crippen LogP contribution is -2.11. The molecule has 0 aromatic rings.